The van der Waals surface area contributed by atoms with E-state index in [9.17, 15) is 0 Å². The average Bonchev–Trinajstić information content (AvgIpc) is 3.02. The molecule has 0 aromatic heterocycles. The van der Waals surface area contributed by atoms with Gasteiger partial charge in [-0.3, -0.25) is 0 Å². The lowest BCUT2D eigenvalue weighted by molar-refractivity contribution is 0.285. The van der Waals surface area contributed by atoms with E-state index in [0.29, 0.717) is 0 Å². The highest BCUT2D eigenvalue weighted by Crippen LogP contribution is 2.63. The fraction of sp³-hybridized carbons (Fsp3) is 0.500. The minimum Gasteiger partial charge on any atom is -0.0879 e. The molecule has 4 rings (SSSR count). The molecule has 0 aliphatic heterocycles. The van der Waals surface area contributed by atoms with E-state index in [1.807, 2.05) is 0 Å². The van der Waals surface area contributed by atoms with Gasteiger partial charge in [0.15, 0.2) is 0 Å². The Balaban J connectivity index is 1.74. The molecule has 5 atom stereocenters. The second-order valence-electron chi connectivity index (χ2n) is 5.75. The zero-order valence-corrected chi connectivity index (χ0v) is 9.55. The summed E-state index contributed by atoms with van der Waals surface area (Å²) in [4.78, 5) is 0. The summed E-state index contributed by atoms with van der Waals surface area (Å²) in [6.45, 7) is 0. The average molecular weight is 210 g/mol. The zero-order valence-electron chi connectivity index (χ0n) is 9.55. The molecular formula is C16H18. The third kappa shape index (κ3) is 1.05. The summed E-state index contributed by atoms with van der Waals surface area (Å²) in [6, 6.07) is 11.3. The molecule has 3 aliphatic rings. The summed E-state index contributed by atoms with van der Waals surface area (Å²) in [5, 5.41) is 0. The first-order valence-electron chi connectivity index (χ1n) is 6.67. The van der Waals surface area contributed by atoms with Crippen molar-refractivity contribution in [3.05, 3.63) is 48.0 Å². The second-order valence-corrected chi connectivity index (χ2v) is 5.75. The Kier molecular flexibility index (Phi) is 1.82. The van der Waals surface area contributed by atoms with Crippen LogP contribution in [0.3, 0.4) is 0 Å². The van der Waals surface area contributed by atoms with Gasteiger partial charge in [-0.2, -0.15) is 0 Å². The largest absolute Gasteiger partial charge is 0.0879 e. The number of benzene rings is 1. The van der Waals surface area contributed by atoms with Gasteiger partial charge in [0, 0.05) is 0 Å². The van der Waals surface area contributed by atoms with Crippen molar-refractivity contribution in [1.29, 1.82) is 0 Å². The summed E-state index contributed by atoms with van der Waals surface area (Å²) in [5.41, 5.74) is 1.61. The lowest BCUT2D eigenvalue weighted by atomic mass is 9.82. The van der Waals surface area contributed by atoms with Crippen molar-refractivity contribution in [2.75, 3.05) is 0 Å². The van der Waals surface area contributed by atoms with E-state index in [-0.39, 0.29) is 0 Å². The normalized spacial score (nSPS) is 43.9. The smallest absolute Gasteiger partial charge is 0.00966 e. The monoisotopic (exact) mass is 210 g/mol. The molecule has 16 heavy (non-hydrogen) atoms. The summed E-state index contributed by atoms with van der Waals surface area (Å²) in [5.74, 6) is 4.72. The second kappa shape index (κ2) is 3.23. The first kappa shape index (κ1) is 9.04. The molecule has 0 heterocycles. The molecule has 0 radical (unpaired) electrons. The maximum atomic E-state index is 2.52. The molecule has 0 saturated heterocycles. The molecule has 1 aromatic carbocycles. The molecular weight excluding hydrogens is 192 g/mol. The molecule has 2 fully saturated rings. The molecule has 0 heteroatoms. The number of rotatable bonds is 1. The Morgan fingerprint density at radius 2 is 1.69 bits per heavy atom. The molecule has 3 aliphatic carbocycles. The molecule has 5 unspecified atom stereocenters. The summed E-state index contributed by atoms with van der Waals surface area (Å²) < 4.78 is 0. The van der Waals surface area contributed by atoms with Crippen LogP contribution in [0.25, 0.3) is 0 Å². The van der Waals surface area contributed by atoms with Crippen LogP contribution in [-0.4, -0.2) is 0 Å². The van der Waals surface area contributed by atoms with Crippen LogP contribution in [-0.2, 0) is 0 Å². The molecule has 0 amide bonds. The highest BCUT2D eigenvalue weighted by Gasteiger charge is 2.54. The lowest BCUT2D eigenvalue weighted by Crippen LogP contribution is -2.16. The van der Waals surface area contributed by atoms with Crippen molar-refractivity contribution in [1.82, 2.24) is 0 Å². The Bertz CT molecular complexity index is 417. The van der Waals surface area contributed by atoms with Gasteiger partial charge in [-0.05, 0) is 54.4 Å². The third-order valence-corrected chi connectivity index (χ3v) is 5.25. The van der Waals surface area contributed by atoms with Crippen LogP contribution < -0.4 is 0 Å². The number of fused-ring (bicyclic) bond motifs is 5. The van der Waals surface area contributed by atoms with E-state index in [2.05, 4.69) is 42.5 Å². The fourth-order valence-electron chi connectivity index (χ4n) is 4.76. The third-order valence-electron chi connectivity index (χ3n) is 5.25. The van der Waals surface area contributed by atoms with Gasteiger partial charge in [0.05, 0.1) is 0 Å². The molecule has 82 valence electrons. The van der Waals surface area contributed by atoms with Crippen LogP contribution in [0, 0.1) is 23.7 Å². The van der Waals surface area contributed by atoms with Crippen molar-refractivity contribution >= 4 is 0 Å². The number of allylic oxidation sites excluding steroid dienone is 2. The first-order chi connectivity index (χ1) is 7.95. The summed E-state index contributed by atoms with van der Waals surface area (Å²) >= 11 is 0. The van der Waals surface area contributed by atoms with Gasteiger partial charge >= 0.3 is 0 Å². The lowest BCUT2D eigenvalue weighted by Gasteiger charge is -2.23. The van der Waals surface area contributed by atoms with E-state index < -0.39 is 0 Å². The van der Waals surface area contributed by atoms with Crippen LogP contribution in [0.4, 0.5) is 0 Å². The predicted molar refractivity (Wildman–Crippen MR) is 66.1 cm³/mol. The van der Waals surface area contributed by atoms with Crippen molar-refractivity contribution in [2.45, 2.75) is 25.2 Å². The van der Waals surface area contributed by atoms with Crippen LogP contribution in [0.2, 0.25) is 0 Å². The van der Waals surface area contributed by atoms with E-state index >= 15 is 0 Å². The van der Waals surface area contributed by atoms with E-state index in [1.165, 1.54) is 19.3 Å². The van der Waals surface area contributed by atoms with Crippen molar-refractivity contribution in [3.63, 3.8) is 0 Å². The van der Waals surface area contributed by atoms with E-state index in [0.717, 1.165) is 29.6 Å². The Morgan fingerprint density at radius 1 is 0.875 bits per heavy atom. The van der Waals surface area contributed by atoms with Crippen LogP contribution >= 0.6 is 0 Å². The van der Waals surface area contributed by atoms with Crippen molar-refractivity contribution < 1.29 is 0 Å². The number of hydrogen-bond acceptors (Lipinski definition) is 0. The van der Waals surface area contributed by atoms with Crippen LogP contribution in [0.1, 0.15) is 30.7 Å². The van der Waals surface area contributed by atoms with Gasteiger partial charge in [-0.25, -0.2) is 0 Å². The minimum atomic E-state index is 0.876. The Labute approximate surface area is 97.4 Å². The highest BCUT2D eigenvalue weighted by molar-refractivity contribution is 5.29. The van der Waals surface area contributed by atoms with E-state index in [1.54, 1.807) is 5.56 Å². The molecule has 0 spiro atoms. The topological polar surface area (TPSA) is 0 Å². The fourth-order valence-corrected chi connectivity index (χ4v) is 4.76. The van der Waals surface area contributed by atoms with Crippen molar-refractivity contribution in [2.24, 2.45) is 23.7 Å². The predicted octanol–water partition coefficient (Wildman–Crippen LogP) is 4.00. The highest BCUT2D eigenvalue weighted by atomic mass is 14.6. The van der Waals surface area contributed by atoms with Crippen LogP contribution in [0.5, 0.6) is 0 Å². The van der Waals surface area contributed by atoms with Gasteiger partial charge in [-0.15, -0.1) is 0 Å². The number of hydrogen-bond donors (Lipinski definition) is 0. The maximum Gasteiger partial charge on any atom is -0.00966 e. The molecule has 2 saturated carbocycles. The SMILES string of the molecule is C1=CC2C(C1)C1CCC2C1c1ccccc1. The van der Waals surface area contributed by atoms with E-state index in [4.69, 9.17) is 0 Å². The molecule has 0 N–H and O–H groups in total. The minimum absolute atomic E-state index is 0.876. The Hall–Kier alpha value is -1.04. The summed E-state index contributed by atoms with van der Waals surface area (Å²) in [6.07, 6.45) is 9.25. The molecule has 0 nitrogen and oxygen atoms in total. The quantitative estimate of drug-likeness (QED) is 0.614. The standard InChI is InChI=1S/C16H18/c1-2-5-11(6-3-1)16-14-9-10-15(16)13-8-4-7-12(13)14/h1-7,12-16H,8-10H2. The molecule has 2 bridgehead atoms. The van der Waals surface area contributed by atoms with Gasteiger partial charge in [0.2, 0.25) is 0 Å². The first-order valence-corrected chi connectivity index (χ1v) is 6.67. The molecule has 1 aromatic rings. The van der Waals surface area contributed by atoms with Crippen molar-refractivity contribution in [3.8, 4) is 0 Å². The van der Waals surface area contributed by atoms with Gasteiger partial charge in [0.1, 0.15) is 0 Å². The van der Waals surface area contributed by atoms with Gasteiger partial charge in [0.25, 0.3) is 0 Å². The summed E-state index contributed by atoms with van der Waals surface area (Å²) in [7, 11) is 0. The Morgan fingerprint density at radius 3 is 2.50 bits per heavy atom. The van der Waals surface area contributed by atoms with Gasteiger partial charge in [-0.1, -0.05) is 42.5 Å². The van der Waals surface area contributed by atoms with Crippen LogP contribution in [0.15, 0.2) is 42.5 Å². The maximum absolute atomic E-state index is 2.52. The zero-order chi connectivity index (χ0) is 10.5. The van der Waals surface area contributed by atoms with Gasteiger partial charge < -0.3 is 0 Å².